The van der Waals surface area contributed by atoms with Crippen LogP contribution < -0.4 is 5.32 Å². The number of carboxylic acid groups (broad SMARTS) is 1. The molecule has 0 bridgehead atoms. The first-order valence-corrected chi connectivity index (χ1v) is 4.99. The number of rotatable bonds is 2. The molecule has 1 atom stereocenters. The second-order valence-corrected chi connectivity index (χ2v) is 3.89. The lowest BCUT2D eigenvalue weighted by atomic mass is 10.2. The van der Waals surface area contributed by atoms with Crippen molar-refractivity contribution in [3.05, 3.63) is 0 Å². The second-order valence-electron chi connectivity index (χ2n) is 3.89. The zero-order valence-electron chi connectivity index (χ0n) is 7.90. The zero-order chi connectivity index (χ0) is 10.1. The van der Waals surface area contributed by atoms with E-state index in [1.54, 1.807) is 0 Å². The Kier molecular flexibility index (Phi) is 2.31. The molecule has 2 rings (SSSR count). The van der Waals surface area contributed by atoms with Crippen molar-refractivity contribution in [2.45, 2.75) is 37.8 Å². The number of carbonyl (C=O) groups is 2. The average Bonchev–Trinajstić information content (AvgIpc) is 2.71. The molecule has 2 fully saturated rings. The molecule has 5 nitrogen and oxygen atoms in total. The van der Waals surface area contributed by atoms with Gasteiger partial charge in [-0.1, -0.05) is 12.8 Å². The van der Waals surface area contributed by atoms with E-state index >= 15 is 0 Å². The SMILES string of the molecule is O=C(O)C1CNC(=O)N1C1CCCC1. The van der Waals surface area contributed by atoms with Gasteiger partial charge in [-0.05, 0) is 12.8 Å². The Morgan fingerprint density at radius 3 is 2.64 bits per heavy atom. The molecule has 0 aromatic carbocycles. The van der Waals surface area contributed by atoms with Crippen molar-refractivity contribution in [3.63, 3.8) is 0 Å². The summed E-state index contributed by atoms with van der Waals surface area (Å²) in [6, 6.07) is -0.742. The Morgan fingerprint density at radius 1 is 1.43 bits per heavy atom. The molecule has 0 aromatic rings. The van der Waals surface area contributed by atoms with Crippen LogP contribution in [-0.2, 0) is 4.79 Å². The lowest BCUT2D eigenvalue weighted by Gasteiger charge is -2.26. The van der Waals surface area contributed by atoms with Crippen LogP contribution in [0.5, 0.6) is 0 Å². The van der Waals surface area contributed by atoms with Crippen molar-refractivity contribution in [1.29, 1.82) is 0 Å². The quantitative estimate of drug-likeness (QED) is 0.675. The third-order valence-corrected chi connectivity index (χ3v) is 3.02. The maximum atomic E-state index is 11.4. The van der Waals surface area contributed by atoms with Crippen LogP contribution in [0.2, 0.25) is 0 Å². The minimum absolute atomic E-state index is 0.138. The van der Waals surface area contributed by atoms with Crippen molar-refractivity contribution in [1.82, 2.24) is 10.2 Å². The fourth-order valence-electron chi connectivity index (χ4n) is 2.32. The standard InChI is InChI=1S/C9H14N2O3/c12-8(13)7-5-10-9(14)11(7)6-3-1-2-4-6/h6-7H,1-5H2,(H,10,14)(H,12,13). The summed E-state index contributed by atoms with van der Waals surface area (Å²) in [7, 11) is 0. The molecule has 78 valence electrons. The molecule has 0 aromatic heterocycles. The minimum atomic E-state index is -0.907. The maximum absolute atomic E-state index is 11.4. The summed E-state index contributed by atoms with van der Waals surface area (Å²) >= 11 is 0. The highest BCUT2D eigenvalue weighted by atomic mass is 16.4. The van der Waals surface area contributed by atoms with Crippen LogP contribution in [0.4, 0.5) is 4.79 Å². The molecular formula is C9H14N2O3. The molecule has 1 saturated carbocycles. The van der Waals surface area contributed by atoms with Crippen LogP contribution in [0.25, 0.3) is 0 Å². The summed E-state index contributed by atoms with van der Waals surface area (Å²) in [5.74, 6) is -0.907. The van der Waals surface area contributed by atoms with Crippen LogP contribution in [0.3, 0.4) is 0 Å². The maximum Gasteiger partial charge on any atom is 0.328 e. The van der Waals surface area contributed by atoms with Crippen LogP contribution in [0.1, 0.15) is 25.7 Å². The van der Waals surface area contributed by atoms with E-state index in [1.165, 1.54) is 4.90 Å². The molecule has 1 unspecified atom stereocenters. The van der Waals surface area contributed by atoms with Crippen LogP contribution in [0, 0.1) is 0 Å². The molecule has 1 aliphatic carbocycles. The van der Waals surface area contributed by atoms with Crippen molar-refractivity contribution in [2.24, 2.45) is 0 Å². The van der Waals surface area contributed by atoms with E-state index < -0.39 is 12.0 Å². The Bertz CT molecular complexity index is 261. The fourth-order valence-corrected chi connectivity index (χ4v) is 2.32. The highest BCUT2D eigenvalue weighted by Gasteiger charge is 2.40. The van der Waals surface area contributed by atoms with Gasteiger partial charge in [0.2, 0.25) is 0 Å². The number of hydrogen-bond donors (Lipinski definition) is 2. The summed E-state index contributed by atoms with van der Waals surface area (Å²) in [5.41, 5.74) is 0. The van der Waals surface area contributed by atoms with Crippen LogP contribution in [0.15, 0.2) is 0 Å². The Balaban J connectivity index is 2.12. The largest absolute Gasteiger partial charge is 0.480 e. The van der Waals surface area contributed by atoms with Gasteiger partial charge < -0.3 is 15.3 Å². The first-order valence-electron chi connectivity index (χ1n) is 4.99. The van der Waals surface area contributed by atoms with Crippen molar-refractivity contribution >= 4 is 12.0 Å². The smallest absolute Gasteiger partial charge is 0.328 e. The molecule has 1 heterocycles. The van der Waals surface area contributed by atoms with E-state index in [4.69, 9.17) is 5.11 Å². The lowest BCUT2D eigenvalue weighted by Crippen LogP contribution is -2.45. The summed E-state index contributed by atoms with van der Waals surface area (Å²) in [6.45, 7) is 0.241. The van der Waals surface area contributed by atoms with Gasteiger partial charge in [0.15, 0.2) is 0 Å². The minimum Gasteiger partial charge on any atom is -0.480 e. The molecule has 0 spiro atoms. The van der Waals surface area contributed by atoms with Gasteiger partial charge in [-0.3, -0.25) is 0 Å². The van der Waals surface area contributed by atoms with E-state index in [-0.39, 0.29) is 18.6 Å². The molecule has 14 heavy (non-hydrogen) atoms. The van der Waals surface area contributed by atoms with Gasteiger partial charge in [0, 0.05) is 6.04 Å². The summed E-state index contributed by atoms with van der Waals surface area (Å²) in [5, 5.41) is 11.5. The molecule has 2 amide bonds. The van der Waals surface area contributed by atoms with Gasteiger partial charge in [0.1, 0.15) is 6.04 Å². The normalized spacial score (nSPS) is 28.1. The van der Waals surface area contributed by atoms with Gasteiger partial charge in [-0.15, -0.1) is 0 Å². The first kappa shape index (κ1) is 9.30. The van der Waals surface area contributed by atoms with Gasteiger partial charge in [0.25, 0.3) is 0 Å². The third-order valence-electron chi connectivity index (χ3n) is 3.02. The van der Waals surface area contributed by atoms with E-state index in [0.29, 0.717) is 0 Å². The predicted octanol–water partition coefficient (Wildman–Crippen LogP) is 0.407. The third kappa shape index (κ3) is 1.42. The monoisotopic (exact) mass is 198 g/mol. The summed E-state index contributed by atoms with van der Waals surface area (Å²) in [6.07, 6.45) is 4.08. The average molecular weight is 198 g/mol. The number of amides is 2. The molecule has 1 aliphatic heterocycles. The molecular weight excluding hydrogens is 184 g/mol. The second kappa shape index (κ2) is 3.48. The number of aliphatic carboxylic acids is 1. The predicted molar refractivity (Wildman–Crippen MR) is 48.9 cm³/mol. The number of nitrogens with zero attached hydrogens (tertiary/aromatic N) is 1. The topological polar surface area (TPSA) is 69.6 Å². The van der Waals surface area contributed by atoms with Crippen molar-refractivity contribution < 1.29 is 14.7 Å². The highest BCUT2D eigenvalue weighted by molar-refractivity contribution is 5.86. The Morgan fingerprint density at radius 2 is 2.07 bits per heavy atom. The number of carboxylic acids is 1. The molecule has 2 N–H and O–H groups in total. The number of urea groups is 1. The van der Waals surface area contributed by atoms with Crippen LogP contribution in [-0.4, -0.2) is 40.6 Å². The van der Waals surface area contributed by atoms with E-state index in [2.05, 4.69) is 5.32 Å². The van der Waals surface area contributed by atoms with Crippen molar-refractivity contribution in [3.8, 4) is 0 Å². The number of carbonyl (C=O) groups excluding carboxylic acids is 1. The van der Waals surface area contributed by atoms with Gasteiger partial charge in [0.05, 0.1) is 6.54 Å². The number of hydrogen-bond acceptors (Lipinski definition) is 2. The summed E-state index contributed by atoms with van der Waals surface area (Å²) in [4.78, 5) is 23.8. The zero-order valence-corrected chi connectivity index (χ0v) is 7.90. The molecule has 1 saturated heterocycles. The molecule has 0 radical (unpaired) electrons. The lowest BCUT2D eigenvalue weighted by molar-refractivity contribution is -0.141. The molecule has 2 aliphatic rings. The highest BCUT2D eigenvalue weighted by Crippen LogP contribution is 2.26. The summed E-state index contributed by atoms with van der Waals surface area (Å²) < 4.78 is 0. The molecule has 5 heteroatoms. The van der Waals surface area contributed by atoms with Gasteiger partial charge >= 0.3 is 12.0 Å². The Hall–Kier alpha value is -1.26. The number of nitrogens with one attached hydrogen (secondary N) is 1. The van der Waals surface area contributed by atoms with E-state index in [0.717, 1.165) is 25.7 Å². The Labute approximate surface area is 82.1 Å². The van der Waals surface area contributed by atoms with Gasteiger partial charge in [-0.2, -0.15) is 0 Å². The van der Waals surface area contributed by atoms with Crippen molar-refractivity contribution in [2.75, 3.05) is 6.54 Å². The van der Waals surface area contributed by atoms with Crippen LogP contribution >= 0.6 is 0 Å². The van der Waals surface area contributed by atoms with E-state index in [9.17, 15) is 9.59 Å². The fraction of sp³-hybridized carbons (Fsp3) is 0.778. The first-order chi connectivity index (χ1) is 6.70. The van der Waals surface area contributed by atoms with Gasteiger partial charge in [-0.25, -0.2) is 9.59 Å². The van der Waals surface area contributed by atoms with E-state index in [1.807, 2.05) is 0 Å².